The molecule has 32 heavy (non-hydrogen) atoms. The maximum atomic E-state index is 13.5. The number of carbonyl (C=O) groups is 2. The minimum Gasteiger partial charge on any atom is -0.357 e. The molecular weight excluding hydrogens is 440 g/mol. The summed E-state index contributed by atoms with van der Waals surface area (Å²) in [5.74, 6) is -0.0273. The minimum absolute atomic E-state index is 0.0854. The van der Waals surface area contributed by atoms with E-state index in [2.05, 4.69) is 5.32 Å². The fourth-order valence-corrected chi connectivity index (χ4v) is 4.36. The van der Waals surface area contributed by atoms with Gasteiger partial charge in [0.1, 0.15) is 6.04 Å². The van der Waals surface area contributed by atoms with E-state index in [1.54, 1.807) is 11.9 Å². The van der Waals surface area contributed by atoms with Gasteiger partial charge in [0.25, 0.3) is 0 Å². The highest BCUT2D eigenvalue weighted by atomic mass is 35.5. The van der Waals surface area contributed by atoms with Crippen molar-refractivity contribution < 1.29 is 9.59 Å². The zero-order chi connectivity index (χ0) is 22.9. The first-order chi connectivity index (χ1) is 15.5. The Bertz CT molecular complexity index is 1040. The highest BCUT2D eigenvalue weighted by molar-refractivity contribution is 8.00. The van der Waals surface area contributed by atoms with Crippen LogP contribution in [0.5, 0.6) is 0 Å². The number of thioether (sulfide) groups is 1. The van der Waals surface area contributed by atoms with Crippen LogP contribution in [0.15, 0.2) is 83.8 Å². The number of likely N-dealkylation sites (N-methyl/N-ethyl adjacent to an activating group) is 1. The highest BCUT2D eigenvalue weighted by Gasteiger charge is 2.30. The summed E-state index contributed by atoms with van der Waals surface area (Å²) >= 11 is 7.41. The van der Waals surface area contributed by atoms with Crippen molar-refractivity contribution in [2.45, 2.75) is 30.8 Å². The summed E-state index contributed by atoms with van der Waals surface area (Å²) in [7, 11) is 1.61. The fourth-order valence-electron chi connectivity index (χ4n) is 3.45. The van der Waals surface area contributed by atoms with Crippen LogP contribution in [0, 0.1) is 6.92 Å². The number of nitrogens with zero attached hydrogens (tertiary/aromatic N) is 1. The first kappa shape index (κ1) is 23.9. The molecule has 0 bridgehead atoms. The van der Waals surface area contributed by atoms with Crippen LogP contribution >= 0.6 is 23.4 Å². The highest BCUT2D eigenvalue weighted by Crippen LogP contribution is 2.23. The molecule has 166 valence electrons. The van der Waals surface area contributed by atoms with Crippen molar-refractivity contribution in [2.24, 2.45) is 0 Å². The van der Waals surface area contributed by atoms with Gasteiger partial charge in [-0.2, -0.15) is 0 Å². The first-order valence-corrected chi connectivity index (χ1v) is 11.8. The molecule has 0 fully saturated rings. The standard InChI is InChI=1S/C26H27ClN2O2S/c1-19-8-6-7-11-21(19)17-29(25(30)18-32-23-14-12-22(27)13-15-23)24(26(31)28-2)16-20-9-4-3-5-10-20/h3-15,24H,16-18H2,1-2H3,(H,28,31)/t24-/m0/s1. The zero-order valence-electron chi connectivity index (χ0n) is 18.3. The zero-order valence-corrected chi connectivity index (χ0v) is 19.8. The molecule has 0 heterocycles. The van der Waals surface area contributed by atoms with Gasteiger partial charge in [-0.15, -0.1) is 11.8 Å². The third-order valence-electron chi connectivity index (χ3n) is 5.30. The van der Waals surface area contributed by atoms with Gasteiger partial charge in [0.05, 0.1) is 5.75 Å². The van der Waals surface area contributed by atoms with Crippen LogP contribution in [0.4, 0.5) is 0 Å². The Morgan fingerprint density at radius 1 is 0.969 bits per heavy atom. The number of amides is 2. The van der Waals surface area contributed by atoms with Gasteiger partial charge in [-0.1, -0.05) is 66.2 Å². The molecule has 0 aromatic heterocycles. The number of hydrogen-bond donors (Lipinski definition) is 1. The maximum Gasteiger partial charge on any atom is 0.242 e. The lowest BCUT2D eigenvalue weighted by Crippen LogP contribution is -2.50. The van der Waals surface area contributed by atoms with Crippen LogP contribution in [0.3, 0.4) is 0 Å². The summed E-state index contributed by atoms with van der Waals surface area (Å²) in [6.07, 6.45) is 0.448. The fraction of sp³-hybridized carbons (Fsp3) is 0.231. The molecule has 0 saturated carbocycles. The van der Waals surface area contributed by atoms with Crippen LogP contribution < -0.4 is 5.32 Å². The largest absolute Gasteiger partial charge is 0.357 e. The van der Waals surface area contributed by atoms with E-state index in [4.69, 9.17) is 11.6 Å². The molecule has 0 aliphatic carbocycles. The number of nitrogens with one attached hydrogen (secondary N) is 1. The summed E-state index contributed by atoms with van der Waals surface area (Å²) in [6.45, 7) is 2.39. The quantitative estimate of drug-likeness (QED) is 0.445. The van der Waals surface area contributed by atoms with Gasteiger partial charge < -0.3 is 10.2 Å². The topological polar surface area (TPSA) is 49.4 Å². The molecule has 1 atom stereocenters. The van der Waals surface area contributed by atoms with E-state index in [0.717, 1.165) is 21.6 Å². The lowest BCUT2D eigenvalue weighted by atomic mass is 10.0. The van der Waals surface area contributed by atoms with Gasteiger partial charge in [0, 0.05) is 29.9 Å². The van der Waals surface area contributed by atoms with Crippen LogP contribution in [0.25, 0.3) is 0 Å². The summed E-state index contributed by atoms with van der Waals surface area (Å²) in [5.41, 5.74) is 3.12. The van der Waals surface area contributed by atoms with Crippen LogP contribution in [-0.4, -0.2) is 35.6 Å². The number of halogens is 1. The predicted octanol–water partition coefficient (Wildman–Crippen LogP) is 5.13. The molecule has 0 aliphatic heterocycles. The Morgan fingerprint density at radius 2 is 1.62 bits per heavy atom. The first-order valence-electron chi connectivity index (χ1n) is 10.5. The molecule has 0 unspecified atom stereocenters. The average Bonchev–Trinajstić information content (AvgIpc) is 2.82. The predicted molar refractivity (Wildman–Crippen MR) is 132 cm³/mol. The van der Waals surface area contributed by atoms with Crippen molar-refractivity contribution in [3.8, 4) is 0 Å². The van der Waals surface area contributed by atoms with Gasteiger partial charge in [0.2, 0.25) is 11.8 Å². The maximum absolute atomic E-state index is 13.5. The average molecular weight is 467 g/mol. The Kier molecular flexibility index (Phi) is 8.77. The number of benzene rings is 3. The van der Waals surface area contributed by atoms with E-state index >= 15 is 0 Å². The van der Waals surface area contributed by atoms with E-state index in [1.165, 1.54) is 11.8 Å². The van der Waals surface area contributed by atoms with Gasteiger partial charge in [-0.25, -0.2) is 0 Å². The third kappa shape index (κ3) is 6.62. The minimum atomic E-state index is -0.611. The monoisotopic (exact) mass is 466 g/mol. The van der Waals surface area contributed by atoms with Gasteiger partial charge in [0.15, 0.2) is 0 Å². The summed E-state index contributed by atoms with van der Waals surface area (Å²) in [6, 6.07) is 24.5. The van der Waals surface area contributed by atoms with Gasteiger partial charge >= 0.3 is 0 Å². The van der Waals surface area contributed by atoms with Crippen molar-refractivity contribution in [3.05, 3.63) is 101 Å². The van der Waals surface area contributed by atoms with E-state index < -0.39 is 6.04 Å². The van der Waals surface area contributed by atoms with Crippen LogP contribution in [-0.2, 0) is 22.6 Å². The molecule has 1 N–H and O–H groups in total. The lowest BCUT2D eigenvalue weighted by molar-refractivity contribution is -0.139. The number of rotatable bonds is 9. The third-order valence-corrected chi connectivity index (χ3v) is 6.54. The smallest absolute Gasteiger partial charge is 0.242 e. The molecule has 4 nitrogen and oxygen atoms in total. The van der Waals surface area contributed by atoms with Gasteiger partial charge in [-0.05, 0) is 47.9 Å². The van der Waals surface area contributed by atoms with Crippen LogP contribution in [0.2, 0.25) is 5.02 Å². The van der Waals surface area contributed by atoms with E-state index in [0.29, 0.717) is 18.0 Å². The van der Waals surface area contributed by atoms with E-state index in [9.17, 15) is 9.59 Å². The summed E-state index contributed by atoms with van der Waals surface area (Å²) in [5, 5.41) is 3.40. The second-order valence-corrected chi connectivity index (χ2v) is 9.00. The number of hydrogen-bond acceptors (Lipinski definition) is 3. The Labute approximate surface area is 199 Å². The van der Waals surface area contributed by atoms with Crippen molar-refractivity contribution in [3.63, 3.8) is 0 Å². The molecule has 3 aromatic rings. The van der Waals surface area contributed by atoms with Crippen molar-refractivity contribution in [1.29, 1.82) is 0 Å². The Balaban J connectivity index is 1.87. The summed E-state index contributed by atoms with van der Waals surface area (Å²) < 4.78 is 0. The molecule has 0 radical (unpaired) electrons. The number of carbonyl (C=O) groups excluding carboxylic acids is 2. The molecule has 0 spiro atoms. The second kappa shape index (κ2) is 11.7. The second-order valence-electron chi connectivity index (χ2n) is 7.51. The van der Waals surface area contributed by atoms with Crippen molar-refractivity contribution >= 4 is 35.2 Å². The lowest BCUT2D eigenvalue weighted by Gasteiger charge is -2.31. The molecule has 0 saturated heterocycles. The molecular formula is C26H27ClN2O2S. The van der Waals surface area contributed by atoms with E-state index in [1.807, 2.05) is 85.8 Å². The molecule has 0 aliphatic rings. The van der Waals surface area contributed by atoms with Gasteiger partial charge in [-0.3, -0.25) is 9.59 Å². The van der Waals surface area contributed by atoms with Crippen LogP contribution in [0.1, 0.15) is 16.7 Å². The molecule has 3 rings (SSSR count). The SMILES string of the molecule is CNC(=O)[C@H](Cc1ccccc1)N(Cc1ccccc1C)C(=O)CSc1ccc(Cl)cc1. The van der Waals surface area contributed by atoms with Crippen molar-refractivity contribution in [2.75, 3.05) is 12.8 Å². The number of aryl methyl sites for hydroxylation is 1. The molecule has 3 aromatic carbocycles. The molecule has 2 amide bonds. The summed E-state index contributed by atoms with van der Waals surface area (Å²) in [4.78, 5) is 29.0. The van der Waals surface area contributed by atoms with E-state index in [-0.39, 0.29) is 17.6 Å². The van der Waals surface area contributed by atoms with Crippen molar-refractivity contribution in [1.82, 2.24) is 10.2 Å². The normalized spacial score (nSPS) is 11.6. The molecule has 6 heteroatoms. The Morgan fingerprint density at radius 3 is 2.28 bits per heavy atom. The Hall–Kier alpha value is -2.76.